The summed E-state index contributed by atoms with van der Waals surface area (Å²) in [6, 6.07) is 20.0. The number of hydrogen-bond acceptors (Lipinski definition) is 4. The lowest BCUT2D eigenvalue weighted by Gasteiger charge is -2.17. The normalized spacial score (nSPS) is 10.3. The van der Waals surface area contributed by atoms with Crippen LogP contribution in [0.4, 0.5) is 5.69 Å². The number of carbonyl (C=O) groups is 2. The lowest BCUT2D eigenvalue weighted by Crippen LogP contribution is -2.27. The Balaban J connectivity index is 1.76. The molecular formula is C23H23N3O3. The van der Waals surface area contributed by atoms with Crippen molar-refractivity contribution >= 4 is 17.5 Å². The van der Waals surface area contributed by atoms with Crippen LogP contribution in [0.5, 0.6) is 5.75 Å². The van der Waals surface area contributed by atoms with Crippen molar-refractivity contribution in [1.82, 2.24) is 9.88 Å². The third-order valence-electron chi connectivity index (χ3n) is 4.41. The van der Waals surface area contributed by atoms with Crippen molar-refractivity contribution in [2.45, 2.75) is 13.5 Å². The summed E-state index contributed by atoms with van der Waals surface area (Å²) in [4.78, 5) is 31.3. The highest BCUT2D eigenvalue weighted by molar-refractivity contribution is 6.04. The second-order valence-corrected chi connectivity index (χ2v) is 6.71. The first-order chi connectivity index (χ1) is 14.0. The molecule has 3 aromatic rings. The molecule has 0 unspecified atom stereocenters. The van der Waals surface area contributed by atoms with Crippen molar-refractivity contribution in [1.29, 1.82) is 0 Å². The van der Waals surface area contributed by atoms with Crippen LogP contribution in [0, 0.1) is 6.92 Å². The lowest BCUT2D eigenvalue weighted by molar-refractivity contribution is 0.0779. The van der Waals surface area contributed by atoms with Crippen LogP contribution in [0.2, 0.25) is 0 Å². The van der Waals surface area contributed by atoms with E-state index in [4.69, 9.17) is 4.74 Å². The van der Waals surface area contributed by atoms with Gasteiger partial charge >= 0.3 is 0 Å². The first-order valence-electron chi connectivity index (χ1n) is 9.20. The van der Waals surface area contributed by atoms with Crippen LogP contribution in [0.3, 0.4) is 0 Å². The van der Waals surface area contributed by atoms with Gasteiger partial charge in [-0.05, 0) is 42.3 Å². The minimum absolute atomic E-state index is 0.160. The van der Waals surface area contributed by atoms with E-state index in [2.05, 4.69) is 10.3 Å². The smallest absolute Gasteiger partial charge is 0.274 e. The Morgan fingerprint density at radius 1 is 1.00 bits per heavy atom. The molecule has 2 amide bonds. The van der Waals surface area contributed by atoms with Gasteiger partial charge in [0.2, 0.25) is 0 Å². The standard InChI is InChI=1S/C23H23N3O3/c1-16-12-13-21(29-3)20(14-16)25-22(27)18-10-7-11-19(24-18)23(28)26(2)15-17-8-5-4-6-9-17/h4-14H,15H2,1-3H3,(H,25,27). The number of hydrogen-bond donors (Lipinski definition) is 1. The largest absolute Gasteiger partial charge is 0.495 e. The minimum Gasteiger partial charge on any atom is -0.495 e. The maximum Gasteiger partial charge on any atom is 0.274 e. The Bertz CT molecular complexity index is 1020. The zero-order chi connectivity index (χ0) is 20.8. The summed E-state index contributed by atoms with van der Waals surface area (Å²) in [7, 11) is 3.25. The Hall–Kier alpha value is -3.67. The number of nitrogens with zero attached hydrogens (tertiary/aromatic N) is 2. The molecule has 3 rings (SSSR count). The Morgan fingerprint density at radius 3 is 2.45 bits per heavy atom. The fraction of sp³-hybridized carbons (Fsp3) is 0.174. The Morgan fingerprint density at radius 2 is 1.72 bits per heavy atom. The highest BCUT2D eigenvalue weighted by Gasteiger charge is 2.17. The van der Waals surface area contributed by atoms with E-state index >= 15 is 0 Å². The van der Waals surface area contributed by atoms with Gasteiger partial charge in [-0.15, -0.1) is 0 Å². The summed E-state index contributed by atoms with van der Waals surface area (Å²) in [6.07, 6.45) is 0. The number of ether oxygens (including phenoxy) is 1. The lowest BCUT2D eigenvalue weighted by atomic mass is 10.2. The molecule has 148 valence electrons. The molecule has 0 saturated heterocycles. The third-order valence-corrected chi connectivity index (χ3v) is 4.41. The fourth-order valence-corrected chi connectivity index (χ4v) is 2.91. The average molecular weight is 389 g/mol. The second-order valence-electron chi connectivity index (χ2n) is 6.71. The molecule has 6 heteroatoms. The Labute approximate surface area is 170 Å². The molecule has 0 fully saturated rings. The molecule has 0 radical (unpaired) electrons. The second kappa shape index (κ2) is 9.01. The van der Waals surface area contributed by atoms with Gasteiger partial charge in [0.15, 0.2) is 0 Å². The van der Waals surface area contributed by atoms with Gasteiger partial charge in [-0.1, -0.05) is 42.5 Å². The molecule has 1 aromatic heterocycles. The summed E-state index contributed by atoms with van der Waals surface area (Å²) < 4.78 is 5.29. The van der Waals surface area contributed by atoms with Crippen molar-refractivity contribution in [3.05, 3.63) is 89.2 Å². The van der Waals surface area contributed by atoms with Crippen LogP contribution in [-0.4, -0.2) is 35.9 Å². The molecule has 0 aliphatic carbocycles. The molecule has 0 aliphatic heterocycles. The molecule has 0 atom stereocenters. The summed E-state index contributed by atoms with van der Waals surface area (Å²) in [5.41, 5.74) is 2.93. The van der Waals surface area contributed by atoms with E-state index in [-0.39, 0.29) is 17.3 Å². The average Bonchev–Trinajstić information content (AvgIpc) is 2.74. The minimum atomic E-state index is -0.408. The number of nitrogens with one attached hydrogen (secondary N) is 1. The Kier molecular flexibility index (Phi) is 6.24. The molecule has 0 saturated carbocycles. The number of aryl methyl sites for hydroxylation is 1. The van der Waals surface area contributed by atoms with Crippen LogP contribution >= 0.6 is 0 Å². The molecule has 0 aliphatic rings. The van der Waals surface area contributed by atoms with Crippen LogP contribution in [0.1, 0.15) is 32.1 Å². The van der Waals surface area contributed by atoms with Gasteiger partial charge in [0.05, 0.1) is 12.8 Å². The first kappa shape index (κ1) is 20.1. The predicted molar refractivity (Wildman–Crippen MR) is 112 cm³/mol. The number of carbonyl (C=O) groups excluding carboxylic acids is 2. The van der Waals surface area contributed by atoms with Gasteiger partial charge in [0.25, 0.3) is 11.8 Å². The zero-order valence-electron chi connectivity index (χ0n) is 16.7. The first-order valence-corrected chi connectivity index (χ1v) is 9.20. The topological polar surface area (TPSA) is 71.5 Å². The fourth-order valence-electron chi connectivity index (χ4n) is 2.91. The molecule has 1 N–H and O–H groups in total. The maximum atomic E-state index is 12.7. The molecule has 29 heavy (non-hydrogen) atoms. The molecule has 1 heterocycles. The van der Waals surface area contributed by atoms with Crippen molar-refractivity contribution in [2.75, 3.05) is 19.5 Å². The quantitative estimate of drug-likeness (QED) is 0.694. The van der Waals surface area contributed by atoms with Crippen LogP contribution in [0.25, 0.3) is 0 Å². The van der Waals surface area contributed by atoms with E-state index in [1.807, 2.05) is 49.4 Å². The molecular weight excluding hydrogens is 366 g/mol. The van der Waals surface area contributed by atoms with Crippen molar-refractivity contribution < 1.29 is 14.3 Å². The van der Waals surface area contributed by atoms with E-state index in [0.29, 0.717) is 18.0 Å². The third kappa shape index (κ3) is 4.99. The van der Waals surface area contributed by atoms with Gasteiger partial charge in [-0.2, -0.15) is 0 Å². The van der Waals surface area contributed by atoms with Gasteiger partial charge in [-0.25, -0.2) is 4.98 Å². The van der Waals surface area contributed by atoms with E-state index < -0.39 is 5.91 Å². The van der Waals surface area contributed by atoms with E-state index in [1.165, 1.54) is 0 Å². The van der Waals surface area contributed by atoms with Crippen LogP contribution in [0.15, 0.2) is 66.7 Å². The summed E-state index contributed by atoms with van der Waals surface area (Å²) in [5.74, 6) is -0.107. The summed E-state index contributed by atoms with van der Waals surface area (Å²) in [5, 5.41) is 2.80. The monoisotopic (exact) mass is 389 g/mol. The number of rotatable bonds is 6. The number of aromatic nitrogens is 1. The number of amides is 2. The van der Waals surface area contributed by atoms with Crippen LogP contribution in [-0.2, 0) is 6.54 Å². The van der Waals surface area contributed by atoms with E-state index in [1.54, 1.807) is 43.3 Å². The highest BCUT2D eigenvalue weighted by Crippen LogP contribution is 2.25. The number of methoxy groups -OCH3 is 1. The highest BCUT2D eigenvalue weighted by atomic mass is 16.5. The van der Waals surface area contributed by atoms with Gasteiger partial charge < -0.3 is 15.0 Å². The number of benzene rings is 2. The summed E-state index contributed by atoms with van der Waals surface area (Å²) in [6.45, 7) is 2.38. The predicted octanol–water partition coefficient (Wildman–Crippen LogP) is 3.92. The zero-order valence-corrected chi connectivity index (χ0v) is 16.7. The number of pyridine rings is 1. The van der Waals surface area contributed by atoms with Crippen LogP contribution < -0.4 is 10.1 Å². The van der Waals surface area contributed by atoms with Crippen molar-refractivity contribution in [2.24, 2.45) is 0 Å². The van der Waals surface area contributed by atoms with E-state index in [9.17, 15) is 9.59 Å². The molecule has 2 aromatic carbocycles. The van der Waals surface area contributed by atoms with Gasteiger partial charge in [-0.3, -0.25) is 9.59 Å². The van der Waals surface area contributed by atoms with Crippen molar-refractivity contribution in [3.63, 3.8) is 0 Å². The van der Waals surface area contributed by atoms with Crippen molar-refractivity contribution in [3.8, 4) is 5.75 Å². The molecule has 0 bridgehead atoms. The van der Waals surface area contributed by atoms with E-state index in [0.717, 1.165) is 11.1 Å². The maximum absolute atomic E-state index is 12.7. The number of anilines is 1. The van der Waals surface area contributed by atoms with Gasteiger partial charge in [0, 0.05) is 13.6 Å². The molecule has 6 nitrogen and oxygen atoms in total. The summed E-state index contributed by atoms with van der Waals surface area (Å²) >= 11 is 0. The van der Waals surface area contributed by atoms with Gasteiger partial charge in [0.1, 0.15) is 17.1 Å². The molecule has 0 spiro atoms. The SMILES string of the molecule is COc1ccc(C)cc1NC(=O)c1cccc(C(=O)N(C)Cc2ccccc2)n1.